The first kappa shape index (κ1) is 23.3. The maximum Gasteiger partial charge on any atom is 0.161 e. The third kappa shape index (κ3) is 4.88. The molecule has 0 radical (unpaired) electrons. The number of halogens is 2. The van der Waals surface area contributed by atoms with Gasteiger partial charge in [-0.3, -0.25) is 0 Å². The molecule has 33 heavy (non-hydrogen) atoms. The smallest absolute Gasteiger partial charge is 0.161 e. The van der Waals surface area contributed by atoms with Gasteiger partial charge in [-0.05, 0) is 97.6 Å². The lowest BCUT2D eigenvalue weighted by Crippen LogP contribution is -2.63. The Hall–Kier alpha value is -1.42. The van der Waals surface area contributed by atoms with Gasteiger partial charge in [0, 0.05) is 12.1 Å². The first-order chi connectivity index (χ1) is 15.7. The van der Waals surface area contributed by atoms with Crippen LogP contribution in [-0.4, -0.2) is 12.1 Å². The molecule has 4 saturated carbocycles. The highest BCUT2D eigenvalue weighted by atomic mass is 35.5. The fraction of sp³-hybridized carbons (Fsp3) is 0.571. The number of nitrogens with one attached hydrogen (secondary N) is 1. The Bertz CT molecular complexity index is 1020. The van der Waals surface area contributed by atoms with Gasteiger partial charge in [-0.15, -0.1) is 0 Å². The summed E-state index contributed by atoms with van der Waals surface area (Å²) in [7, 11) is 0. The molecule has 4 aliphatic carbocycles. The largest absolute Gasteiger partial charge is 0.490 e. The van der Waals surface area contributed by atoms with E-state index >= 15 is 0 Å². The Morgan fingerprint density at radius 2 is 1.58 bits per heavy atom. The standard InChI is InChI=1S/C28H35Cl2NO2/c1-4-32-25-10-19(6-8-24(25)33-15-20-5-7-22(29)23(30)9-20)14-31-28-13-21-11-26(2,17-28)16-27(3,12-21)18-28/h5-10,21,31H,4,11-18H2,1-3H3/t21?,26-,27+,28?. The Morgan fingerprint density at radius 3 is 2.24 bits per heavy atom. The van der Waals surface area contributed by atoms with E-state index in [4.69, 9.17) is 32.7 Å². The third-order valence-corrected chi connectivity index (χ3v) is 8.72. The van der Waals surface area contributed by atoms with Crippen molar-refractivity contribution >= 4 is 23.2 Å². The van der Waals surface area contributed by atoms with E-state index in [9.17, 15) is 0 Å². The van der Waals surface area contributed by atoms with Gasteiger partial charge in [-0.25, -0.2) is 0 Å². The van der Waals surface area contributed by atoms with Crippen molar-refractivity contribution in [1.82, 2.24) is 5.32 Å². The van der Waals surface area contributed by atoms with Gasteiger partial charge in [-0.1, -0.05) is 49.2 Å². The molecule has 0 amide bonds. The fourth-order valence-corrected chi connectivity index (χ4v) is 8.10. The molecule has 2 aromatic carbocycles. The SMILES string of the molecule is CCOc1cc(CNC23CC4C[C@@](C)(C2)C[C@](C)(C4)C3)ccc1OCc1ccc(Cl)c(Cl)c1. The summed E-state index contributed by atoms with van der Waals surface area (Å²) < 4.78 is 12.0. The van der Waals surface area contributed by atoms with Crippen LogP contribution in [0.5, 0.6) is 11.5 Å². The highest BCUT2D eigenvalue weighted by Gasteiger charge is 2.59. The molecule has 0 heterocycles. The van der Waals surface area contributed by atoms with E-state index in [2.05, 4.69) is 31.3 Å². The van der Waals surface area contributed by atoms with Gasteiger partial charge in [0.1, 0.15) is 6.61 Å². The quantitative estimate of drug-likeness (QED) is 0.411. The summed E-state index contributed by atoms with van der Waals surface area (Å²) in [5.41, 5.74) is 3.53. The molecular formula is C28H35Cl2NO2. The molecule has 5 heteroatoms. The van der Waals surface area contributed by atoms with Gasteiger partial charge in [0.25, 0.3) is 0 Å². The molecule has 2 unspecified atom stereocenters. The lowest BCUT2D eigenvalue weighted by atomic mass is 9.43. The second-order valence-electron chi connectivity index (χ2n) is 11.5. The number of hydrogen-bond donors (Lipinski definition) is 1. The van der Waals surface area contributed by atoms with Crippen LogP contribution in [-0.2, 0) is 13.2 Å². The number of benzene rings is 2. The molecule has 2 aromatic rings. The van der Waals surface area contributed by atoms with Crippen molar-refractivity contribution in [2.24, 2.45) is 16.7 Å². The lowest BCUT2D eigenvalue weighted by Gasteiger charge is -2.65. The van der Waals surface area contributed by atoms with E-state index in [1.54, 1.807) is 6.07 Å². The van der Waals surface area contributed by atoms with Crippen molar-refractivity contribution in [2.45, 2.75) is 78.0 Å². The molecule has 4 atom stereocenters. The topological polar surface area (TPSA) is 30.5 Å². The van der Waals surface area contributed by atoms with Gasteiger partial charge in [0.15, 0.2) is 11.5 Å². The van der Waals surface area contributed by atoms with Gasteiger partial charge < -0.3 is 14.8 Å². The minimum absolute atomic E-state index is 0.289. The Labute approximate surface area is 208 Å². The average molecular weight is 488 g/mol. The van der Waals surface area contributed by atoms with Crippen LogP contribution in [0.25, 0.3) is 0 Å². The van der Waals surface area contributed by atoms with Crippen molar-refractivity contribution in [2.75, 3.05) is 6.61 Å². The van der Waals surface area contributed by atoms with E-state index in [0.29, 0.717) is 34.1 Å². The summed E-state index contributed by atoms with van der Waals surface area (Å²) in [6, 6.07) is 11.9. The molecule has 4 bridgehead atoms. The van der Waals surface area contributed by atoms with Crippen LogP contribution in [0.3, 0.4) is 0 Å². The molecule has 4 fully saturated rings. The van der Waals surface area contributed by atoms with Gasteiger partial charge in [-0.2, -0.15) is 0 Å². The van der Waals surface area contributed by atoms with E-state index in [1.807, 2.05) is 25.1 Å². The fourth-order valence-electron chi connectivity index (χ4n) is 7.77. The maximum atomic E-state index is 6.14. The summed E-state index contributed by atoms with van der Waals surface area (Å²) in [4.78, 5) is 0. The van der Waals surface area contributed by atoms with E-state index < -0.39 is 0 Å². The Kier molecular flexibility index (Phi) is 6.12. The molecule has 0 aromatic heterocycles. The third-order valence-electron chi connectivity index (χ3n) is 7.98. The molecule has 3 nitrogen and oxygen atoms in total. The normalized spacial score (nSPS) is 32.2. The van der Waals surface area contributed by atoms with Crippen LogP contribution in [0.1, 0.15) is 70.4 Å². The molecule has 4 aliphatic rings. The molecule has 0 spiro atoms. The van der Waals surface area contributed by atoms with E-state index in [1.165, 1.54) is 44.1 Å². The monoisotopic (exact) mass is 487 g/mol. The van der Waals surface area contributed by atoms with Crippen molar-refractivity contribution in [1.29, 1.82) is 0 Å². The summed E-state index contributed by atoms with van der Waals surface area (Å²) in [6.45, 7) is 8.94. The van der Waals surface area contributed by atoms with E-state index in [-0.39, 0.29) is 5.54 Å². The molecule has 1 N–H and O–H groups in total. The predicted molar refractivity (Wildman–Crippen MR) is 135 cm³/mol. The van der Waals surface area contributed by atoms with Crippen LogP contribution < -0.4 is 14.8 Å². The predicted octanol–water partition coefficient (Wildman–Crippen LogP) is 7.81. The van der Waals surface area contributed by atoms with Gasteiger partial charge in [0.2, 0.25) is 0 Å². The Balaban J connectivity index is 1.27. The summed E-state index contributed by atoms with van der Waals surface area (Å²) in [5, 5.41) is 5.12. The molecule has 0 aliphatic heterocycles. The van der Waals surface area contributed by atoms with Crippen LogP contribution in [0.2, 0.25) is 10.0 Å². The van der Waals surface area contributed by atoms with E-state index in [0.717, 1.165) is 29.5 Å². The molecular weight excluding hydrogens is 453 g/mol. The van der Waals surface area contributed by atoms with Crippen LogP contribution >= 0.6 is 23.2 Å². The second-order valence-corrected chi connectivity index (χ2v) is 12.3. The van der Waals surface area contributed by atoms with Crippen LogP contribution in [0.4, 0.5) is 0 Å². The summed E-state index contributed by atoms with van der Waals surface area (Å²) in [6.07, 6.45) is 8.21. The number of hydrogen-bond acceptors (Lipinski definition) is 3. The van der Waals surface area contributed by atoms with Gasteiger partial charge in [0.05, 0.1) is 16.7 Å². The number of rotatable bonds is 8. The summed E-state index contributed by atoms with van der Waals surface area (Å²) in [5.74, 6) is 2.43. The van der Waals surface area contributed by atoms with Gasteiger partial charge >= 0.3 is 0 Å². The molecule has 0 saturated heterocycles. The first-order valence-corrected chi connectivity index (χ1v) is 13.0. The second kappa shape index (κ2) is 8.66. The average Bonchev–Trinajstić information content (AvgIpc) is 2.72. The minimum atomic E-state index is 0.289. The Morgan fingerprint density at radius 1 is 0.848 bits per heavy atom. The zero-order chi connectivity index (χ0) is 23.3. The lowest BCUT2D eigenvalue weighted by molar-refractivity contribution is -0.118. The maximum absolute atomic E-state index is 6.14. The highest BCUT2D eigenvalue weighted by Crippen LogP contribution is 2.66. The summed E-state index contributed by atoms with van der Waals surface area (Å²) >= 11 is 12.2. The molecule has 6 rings (SSSR count). The molecule has 178 valence electrons. The van der Waals surface area contributed by atoms with Crippen molar-refractivity contribution in [3.05, 3.63) is 57.6 Å². The number of ether oxygens (including phenoxy) is 2. The van der Waals surface area contributed by atoms with Crippen molar-refractivity contribution in [3.63, 3.8) is 0 Å². The van der Waals surface area contributed by atoms with Crippen LogP contribution in [0.15, 0.2) is 36.4 Å². The zero-order valence-electron chi connectivity index (χ0n) is 20.0. The minimum Gasteiger partial charge on any atom is -0.490 e. The first-order valence-electron chi connectivity index (χ1n) is 12.3. The van der Waals surface area contributed by atoms with Crippen molar-refractivity contribution in [3.8, 4) is 11.5 Å². The van der Waals surface area contributed by atoms with Crippen molar-refractivity contribution < 1.29 is 9.47 Å². The zero-order valence-corrected chi connectivity index (χ0v) is 21.5. The highest BCUT2D eigenvalue weighted by molar-refractivity contribution is 6.42. The van der Waals surface area contributed by atoms with Crippen LogP contribution in [0, 0.1) is 16.7 Å².